The Bertz CT molecular complexity index is 802. The number of furan rings is 1. The number of benzene rings is 1. The zero-order valence-electron chi connectivity index (χ0n) is 13.9. The van der Waals surface area contributed by atoms with Crippen LogP contribution in [0.3, 0.4) is 0 Å². The standard InChI is InChI=1S/C18H18N2O6/c21-16(22)10-14-11-20(6-8-25-14)18(24)12-3-1-4-13(9-12)19-17(23)15-5-2-7-26-15/h1-5,7,9,14H,6,8,10-11H2,(H,19,23)(H,21,22). The van der Waals surface area contributed by atoms with Crippen LogP contribution >= 0.6 is 0 Å². The van der Waals surface area contributed by atoms with Crippen molar-refractivity contribution in [1.29, 1.82) is 0 Å². The predicted octanol–water partition coefficient (Wildman–Crippen LogP) is 1.85. The Kier molecular flexibility index (Phi) is 5.33. The van der Waals surface area contributed by atoms with E-state index in [1.54, 1.807) is 41.3 Å². The lowest BCUT2D eigenvalue weighted by atomic mass is 10.1. The summed E-state index contributed by atoms with van der Waals surface area (Å²) in [6, 6.07) is 9.71. The van der Waals surface area contributed by atoms with Crippen molar-refractivity contribution >= 4 is 23.5 Å². The zero-order valence-corrected chi connectivity index (χ0v) is 13.9. The topological polar surface area (TPSA) is 109 Å². The summed E-state index contributed by atoms with van der Waals surface area (Å²) in [4.78, 5) is 37.1. The summed E-state index contributed by atoms with van der Waals surface area (Å²) in [5.74, 6) is -1.44. The number of nitrogens with one attached hydrogen (secondary N) is 1. The van der Waals surface area contributed by atoms with E-state index in [0.29, 0.717) is 24.4 Å². The first-order chi connectivity index (χ1) is 12.5. The molecule has 8 nitrogen and oxygen atoms in total. The quantitative estimate of drug-likeness (QED) is 0.844. The highest BCUT2D eigenvalue weighted by Gasteiger charge is 2.26. The first kappa shape index (κ1) is 17.7. The van der Waals surface area contributed by atoms with Crippen LogP contribution in [0.25, 0.3) is 0 Å². The number of hydrogen-bond acceptors (Lipinski definition) is 5. The van der Waals surface area contributed by atoms with Crippen molar-refractivity contribution in [3.05, 3.63) is 54.0 Å². The van der Waals surface area contributed by atoms with Crippen LogP contribution in [0.1, 0.15) is 27.3 Å². The first-order valence-electron chi connectivity index (χ1n) is 8.10. The molecule has 8 heteroatoms. The Labute approximate surface area is 149 Å². The molecule has 0 bridgehead atoms. The number of carbonyl (C=O) groups excluding carboxylic acids is 2. The molecule has 2 N–H and O–H groups in total. The Morgan fingerprint density at radius 2 is 2.08 bits per heavy atom. The SMILES string of the molecule is O=C(O)CC1CN(C(=O)c2cccc(NC(=O)c3ccco3)c2)CCO1. The second-order valence-electron chi connectivity index (χ2n) is 5.85. The first-order valence-corrected chi connectivity index (χ1v) is 8.10. The number of carbonyl (C=O) groups is 3. The molecule has 3 rings (SSSR count). The maximum Gasteiger partial charge on any atom is 0.306 e. The monoisotopic (exact) mass is 358 g/mol. The van der Waals surface area contributed by atoms with E-state index in [1.165, 1.54) is 6.26 Å². The number of ether oxygens (including phenoxy) is 1. The van der Waals surface area contributed by atoms with Crippen LogP contribution in [0, 0.1) is 0 Å². The Hall–Kier alpha value is -3.13. The van der Waals surface area contributed by atoms with Gasteiger partial charge in [-0.1, -0.05) is 6.07 Å². The van der Waals surface area contributed by atoms with Crippen molar-refractivity contribution < 1.29 is 28.6 Å². The lowest BCUT2D eigenvalue weighted by Gasteiger charge is -2.32. The molecule has 1 atom stereocenters. The van der Waals surface area contributed by atoms with Crippen LogP contribution in [0.15, 0.2) is 47.1 Å². The van der Waals surface area contributed by atoms with Gasteiger partial charge in [0.25, 0.3) is 11.8 Å². The van der Waals surface area contributed by atoms with E-state index in [1.807, 2.05) is 0 Å². The van der Waals surface area contributed by atoms with E-state index in [2.05, 4.69) is 5.32 Å². The van der Waals surface area contributed by atoms with E-state index in [-0.39, 0.29) is 24.6 Å². The molecule has 1 aliphatic heterocycles. The molecule has 1 aliphatic rings. The Morgan fingerprint density at radius 3 is 2.81 bits per heavy atom. The summed E-state index contributed by atoms with van der Waals surface area (Å²) in [7, 11) is 0. The van der Waals surface area contributed by atoms with Gasteiger partial charge >= 0.3 is 5.97 Å². The summed E-state index contributed by atoms with van der Waals surface area (Å²) >= 11 is 0. The molecule has 2 aromatic rings. The van der Waals surface area contributed by atoms with Crippen LogP contribution in [-0.4, -0.2) is 53.6 Å². The average Bonchev–Trinajstić information content (AvgIpc) is 3.16. The summed E-state index contributed by atoms with van der Waals surface area (Å²) in [6.07, 6.45) is 0.733. The zero-order chi connectivity index (χ0) is 18.5. The number of amides is 2. The minimum absolute atomic E-state index is 0.150. The summed E-state index contributed by atoms with van der Waals surface area (Å²) < 4.78 is 10.4. The Morgan fingerprint density at radius 1 is 1.23 bits per heavy atom. The maximum absolute atomic E-state index is 12.7. The molecule has 1 unspecified atom stereocenters. The van der Waals surface area contributed by atoms with E-state index in [0.717, 1.165) is 0 Å². The fourth-order valence-electron chi connectivity index (χ4n) is 2.74. The number of rotatable bonds is 5. The van der Waals surface area contributed by atoms with Crippen molar-refractivity contribution in [2.24, 2.45) is 0 Å². The average molecular weight is 358 g/mol. The molecule has 136 valence electrons. The molecule has 0 aliphatic carbocycles. The normalized spacial score (nSPS) is 16.9. The van der Waals surface area contributed by atoms with Crippen LogP contribution in [0.5, 0.6) is 0 Å². The molecule has 0 spiro atoms. The van der Waals surface area contributed by atoms with E-state index in [9.17, 15) is 14.4 Å². The van der Waals surface area contributed by atoms with Gasteiger partial charge in [-0.15, -0.1) is 0 Å². The van der Waals surface area contributed by atoms with E-state index >= 15 is 0 Å². The third kappa shape index (κ3) is 4.28. The molecular formula is C18H18N2O6. The van der Waals surface area contributed by atoms with Gasteiger partial charge in [-0.2, -0.15) is 0 Å². The highest BCUT2D eigenvalue weighted by Crippen LogP contribution is 2.17. The fourth-order valence-corrected chi connectivity index (χ4v) is 2.74. The third-order valence-electron chi connectivity index (χ3n) is 3.94. The smallest absolute Gasteiger partial charge is 0.306 e. The van der Waals surface area contributed by atoms with Crippen LogP contribution in [-0.2, 0) is 9.53 Å². The largest absolute Gasteiger partial charge is 0.481 e. The molecule has 1 aromatic carbocycles. The van der Waals surface area contributed by atoms with Gasteiger partial charge in [0.1, 0.15) is 0 Å². The summed E-state index contributed by atoms with van der Waals surface area (Å²) in [5, 5.41) is 11.5. The highest BCUT2D eigenvalue weighted by atomic mass is 16.5. The van der Waals surface area contributed by atoms with Crippen molar-refractivity contribution in [2.75, 3.05) is 25.0 Å². The minimum atomic E-state index is -0.966. The maximum atomic E-state index is 12.7. The second-order valence-corrected chi connectivity index (χ2v) is 5.85. The van der Waals surface area contributed by atoms with Gasteiger partial charge in [-0.25, -0.2) is 0 Å². The van der Waals surface area contributed by atoms with Gasteiger partial charge in [0, 0.05) is 24.3 Å². The molecule has 1 fully saturated rings. The molecule has 2 heterocycles. The number of carboxylic acid groups (broad SMARTS) is 1. The molecule has 26 heavy (non-hydrogen) atoms. The lowest BCUT2D eigenvalue weighted by Crippen LogP contribution is -2.46. The fraction of sp³-hybridized carbons (Fsp3) is 0.278. The molecule has 0 radical (unpaired) electrons. The van der Waals surface area contributed by atoms with Gasteiger partial charge in [0.2, 0.25) is 0 Å². The Balaban J connectivity index is 1.68. The van der Waals surface area contributed by atoms with Crippen molar-refractivity contribution in [3.8, 4) is 0 Å². The van der Waals surface area contributed by atoms with Crippen LogP contribution < -0.4 is 5.32 Å². The van der Waals surface area contributed by atoms with Crippen molar-refractivity contribution in [2.45, 2.75) is 12.5 Å². The van der Waals surface area contributed by atoms with Crippen LogP contribution in [0.2, 0.25) is 0 Å². The van der Waals surface area contributed by atoms with Gasteiger partial charge in [-0.05, 0) is 30.3 Å². The van der Waals surface area contributed by atoms with Crippen molar-refractivity contribution in [1.82, 2.24) is 4.90 Å². The van der Waals surface area contributed by atoms with Gasteiger partial charge in [-0.3, -0.25) is 14.4 Å². The number of aliphatic carboxylic acids is 1. The summed E-state index contributed by atoms with van der Waals surface area (Å²) in [6.45, 7) is 0.894. The molecule has 1 saturated heterocycles. The number of carboxylic acids is 1. The van der Waals surface area contributed by atoms with E-state index < -0.39 is 18.0 Å². The second kappa shape index (κ2) is 7.83. The van der Waals surface area contributed by atoms with E-state index in [4.69, 9.17) is 14.3 Å². The van der Waals surface area contributed by atoms with Gasteiger partial charge < -0.3 is 24.5 Å². The van der Waals surface area contributed by atoms with Gasteiger partial charge in [0.05, 0.1) is 25.4 Å². The summed E-state index contributed by atoms with van der Waals surface area (Å²) in [5.41, 5.74) is 0.866. The lowest BCUT2D eigenvalue weighted by molar-refractivity contribution is -0.141. The highest BCUT2D eigenvalue weighted by molar-refractivity contribution is 6.03. The molecule has 0 saturated carbocycles. The number of hydrogen-bond donors (Lipinski definition) is 2. The number of anilines is 1. The molecule has 2 amide bonds. The predicted molar refractivity (Wildman–Crippen MR) is 91.0 cm³/mol. The van der Waals surface area contributed by atoms with Crippen LogP contribution in [0.4, 0.5) is 5.69 Å². The minimum Gasteiger partial charge on any atom is -0.481 e. The molecular weight excluding hydrogens is 340 g/mol. The molecule has 1 aromatic heterocycles. The third-order valence-corrected chi connectivity index (χ3v) is 3.94. The number of morpholine rings is 1. The number of nitrogens with zero attached hydrogens (tertiary/aromatic N) is 1. The van der Waals surface area contributed by atoms with Crippen molar-refractivity contribution in [3.63, 3.8) is 0 Å². The van der Waals surface area contributed by atoms with Gasteiger partial charge in [0.15, 0.2) is 5.76 Å².